The Kier molecular flexibility index (Phi) is 5.14. The molecule has 0 aliphatic carbocycles. The summed E-state index contributed by atoms with van der Waals surface area (Å²) in [6.45, 7) is 5.16. The number of sulfonamides is 1. The maximum atomic E-state index is 12.4. The third-order valence-electron chi connectivity index (χ3n) is 2.33. The molecule has 0 saturated carbocycles. The second kappa shape index (κ2) is 6.28. The van der Waals surface area contributed by atoms with Crippen molar-refractivity contribution in [3.8, 4) is 5.75 Å². The molecule has 0 radical (unpaired) electrons. The van der Waals surface area contributed by atoms with Gasteiger partial charge in [-0.2, -0.15) is 0 Å². The van der Waals surface area contributed by atoms with Crippen molar-refractivity contribution in [2.24, 2.45) is 0 Å². The number of carboxylic acid groups (broad SMARTS) is 1. The summed E-state index contributed by atoms with van der Waals surface area (Å²) in [5.74, 6) is -1.18. The molecule has 1 aromatic carbocycles. The lowest BCUT2D eigenvalue weighted by molar-refractivity contribution is -0.297. The van der Waals surface area contributed by atoms with Crippen LogP contribution in [0.5, 0.6) is 5.75 Å². The molecule has 7 heteroatoms. The minimum absolute atomic E-state index is 0.0552. The van der Waals surface area contributed by atoms with Crippen LogP contribution in [0.25, 0.3) is 6.08 Å². The highest BCUT2D eigenvalue weighted by Crippen LogP contribution is 2.26. The number of ether oxygens (including phenoxy) is 1. The lowest BCUT2D eigenvalue weighted by Crippen LogP contribution is -2.40. The molecule has 0 heterocycles. The van der Waals surface area contributed by atoms with E-state index in [1.807, 2.05) is 0 Å². The molecule has 0 spiro atoms. The van der Waals surface area contributed by atoms with Gasteiger partial charge in [-0.05, 0) is 44.5 Å². The molecular weight excluding hydrogens is 294 g/mol. The van der Waals surface area contributed by atoms with Crippen LogP contribution in [0.3, 0.4) is 0 Å². The normalized spacial score (nSPS) is 12.6. The molecule has 1 rings (SSSR count). The zero-order valence-electron chi connectivity index (χ0n) is 12.3. The number of hydrogen-bond donors (Lipinski definition) is 1. The van der Waals surface area contributed by atoms with E-state index in [1.54, 1.807) is 26.8 Å². The highest BCUT2D eigenvalue weighted by atomic mass is 32.2. The third kappa shape index (κ3) is 5.20. The van der Waals surface area contributed by atoms with Gasteiger partial charge in [-0.3, -0.25) is 0 Å². The first-order chi connectivity index (χ1) is 9.55. The number of benzene rings is 1. The van der Waals surface area contributed by atoms with Gasteiger partial charge in [0.1, 0.15) is 10.6 Å². The van der Waals surface area contributed by atoms with Crippen LogP contribution in [0.2, 0.25) is 0 Å². The van der Waals surface area contributed by atoms with Crippen LogP contribution in [-0.2, 0) is 14.8 Å². The van der Waals surface area contributed by atoms with Gasteiger partial charge >= 0.3 is 0 Å². The van der Waals surface area contributed by atoms with Gasteiger partial charge < -0.3 is 14.6 Å². The molecule has 0 bridgehead atoms. The van der Waals surface area contributed by atoms with E-state index in [0.717, 1.165) is 6.08 Å². The second-order valence-electron chi connectivity index (χ2n) is 5.42. The minimum atomic E-state index is -3.79. The highest BCUT2D eigenvalue weighted by molar-refractivity contribution is 7.89. The summed E-state index contributed by atoms with van der Waals surface area (Å²) in [6.07, 6.45) is 2.08. The Morgan fingerprint density at radius 3 is 2.43 bits per heavy atom. The third-order valence-corrected chi connectivity index (χ3v) is 4.11. The number of rotatable bonds is 5. The fraction of sp³-hybridized carbons (Fsp3) is 0.357. The fourth-order valence-electron chi connectivity index (χ4n) is 1.63. The summed E-state index contributed by atoms with van der Waals surface area (Å²) in [7, 11) is -2.43. The van der Waals surface area contributed by atoms with Gasteiger partial charge in [-0.1, -0.05) is 12.1 Å². The van der Waals surface area contributed by atoms with E-state index in [4.69, 9.17) is 4.74 Å². The van der Waals surface area contributed by atoms with E-state index in [2.05, 4.69) is 4.72 Å². The Hall–Kier alpha value is -1.86. The SMILES string of the molecule is COc1ccc(/C=C/C(=O)[O-])cc1S(=O)(=O)NC(C)(C)C. The fourth-order valence-corrected chi connectivity index (χ4v) is 3.25. The van der Waals surface area contributed by atoms with Crippen LogP contribution in [0.4, 0.5) is 0 Å². The van der Waals surface area contributed by atoms with Crippen molar-refractivity contribution in [2.75, 3.05) is 7.11 Å². The second-order valence-corrected chi connectivity index (χ2v) is 7.07. The van der Waals surface area contributed by atoms with E-state index >= 15 is 0 Å². The van der Waals surface area contributed by atoms with Crippen molar-refractivity contribution in [3.63, 3.8) is 0 Å². The molecular formula is C14H18NO5S-. The van der Waals surface area contributed by atoms with Crippen LogP contribution in [0.15, 0.2) is 29.2 Å². The van der Waals surface area contributed by atoms with Gasteiger partial charge in [-0.15, -0.1) is 0 Å². The predicted octanol–water partition coefficient (Wildman–Crippen LogP) is 0.535. The van der Waals surface area contributed by atoms with Crippen LogP contribution in [0, 0.1) is 0 Å². The van der Waals surface area contributed by atoms with Crippen LogP contribution >= 0.6 is 0 Å². The first-order valence-corrected chi connectivity index (χ1v) is 7.64. The first-order valence-electron chi connectivity index (χ1n) is 6.16. The van der Waals surface area contributed by atoms with E-state index < -0.39 is 21.5 Å². The molecule has 1 N–H and O–H groups in total. The lowest BCUT2D eigenvalue weighted by Gasteiger charge is -2.21. The quantitative estimate of drug-likeness (QED) is 0.800. The van der Waals surface area contributed by atoms with Gasteiger partial charge in [0.2, 0.25) is 10.0 Å². The van der Waals surface area contributed by atoms with Crippen molar-refractivity contribution < 1.29 is 23.1 Å². The zero-order valence-corrected chi connectivity index (χ0v) is 13.2. The summed E-state index contributed by atoms with van der Waals surface area (Å²) < 4.78 is 32.3. The van der Waals surface area contributed by atoms with Crippen molar-refractivity contribution >= 4 is 22.1 Å². The first kappa shape index (κ1) is 17.2. The molecule has 21 heavy (non-hydrogen) atoms. The average Bonchev–Trinajstić information content (AvgIpc) is 2.33. The Morgan fingerprint density at radius 2 is 1.95 bits per heavy atom. The molecule has 0 aliphatic rings. The molecule has 0 atom stereocenters. The number of carbonyl (C=O) groups is 1. The van der Waals surface area contributed by atoms with Gasteiger partial charge in [0, 0.05) is 5.54 Å². The molecule has 116 valence electrons. The van der Waals surface area contributed by atoms with Crippen LogP contribution in [0.1, 0.15) is 26.3 Å². The minimum Gasteiger partial charge on any atom is -0.545 e. The lowest BCUT2D eigenvalue weighted by atomic mass is 10.1. The van der Waals surface area contributed by atoms with Gasteiger partial charge in [-0.25, -0.2) is 13.1 Å². The van der Waals surface area contributed by atoms with E-state index in [-0.39, 0.29) is 10.6 Å². The molecule has 0 aliphatic heterocycles. The number of carboxylic acids is 1. The summed E-state index contributed by atoms with van der Waals surface area (Å²) >= 11 is 0. The topological polar surface area (TPSA) is 95.5 Å². The van der Waals surface area contributed by atoms with Crippen molar-refractivity contribution in [1.82, 2.24) is 4.72 Å². The van der Waals surface area contributed by atoms with Crippen LogP contribution < -0.4 is 14.6 Å². The number of nitrogens with one attached hydrogen (secondary N) is 1. The average molecular weight is 312 g/mol. The number of methoxy groups -OCH3 is 1. The molecule has 0 unspecified atom stereocenters. The predicted molar refractivity (Wildman–Crippen MR) is 77.1 cm³/mol. The number of aliphatic carboxylic acids is 1. The van der Waals surface area contributed by atoms with Crippen molar-refractivity contribution in [1.29, 1.82) is 0 Å². The van der Waals surface area contributed by atoms with Crippen molar-refractivity contribution in [2.45, 2.75) is 31.2 Å². The van der Waals surface area contributed by atoms with Crippen LogP contribution in [-0.4, -0.2) is 27.0 Å². The molecule has 0 saturated heterocycles. The Bertz CT molecular complexity index is 656. The summed E-state index contributed by atoms with van der Waals surface area (Å²) in [5, 5.41) is 10.4. The van der Waals surface area contributed by atoms with Crippen molar-refractivity contribution in [3.05, 3.63) is 29.8 Å². The highest BCUT2D eigenvalue weighted by Gasteiger charge is 2.25. The Balaban J connectivity index is 3.32. The van der Waals surface area contributed by atoms with E-state index in [9.17, 15) is 18.3 Å². The van der Waals surface area contributed by atoms with Gasteiger partial charge in [0.25, 0.3) is 0 Å². The standard InChI is InChI=1S/C14H19NO5S/c1-14(2,3)15-21(18,19)12-9-10(6-8-13(16)17)5-7-11(12)20-4/h5-9,15H,1-4H3,(H,16,17)/p-1/b8-6+. The zero-order chi connectivity index (χ0) is 16.3. The monoisotopic (exact) mass is 312 g/mol. The van der Waals surface area contributed by atoms with E-state index in [1.165, 1.54) is 25.3 Å². The molecule has 0 amide bonds. The maximum Gasteiger partial charge on any atom is 0.244 e. The maximum absolute atomic E-state index is 12.4. The molecule has 0 aromatic heterocycles. The molecule has 6 nitrogen and oxygen atoms in total. The molecule has 1 aromatic rings. The van der Waals surface area contributed by atoms with Gasteiger partial charge in [0.15, 0.2) is 0 Å². The Morgan fingerprint density at radius 1 is 1.33 bits per heavy atom. The summed E-state index contributed by atoms with van der Waals surface area (Å²) in [4.78, 5) is 10.4. The summed E-state index contributed by atoms with van der Waals surface area (Å²) in [6, 6.07) is 4.35. The number of hydrogen-bond acceptors (Lipinski definition) is 5. The smallest absolute Gasteiger partial charge is 0.244 e. The Labute approximate surface area is 124 Å². The molecule has 0 fully saturated rings. The largest absolute Gasteiger partial charge is 0.545 e. The summed E-state index contributed by atoms with van der Waals surface area (Å²) in [5.41, 5.74) is -0.241. The van der Waals surface area contributed by atoms with E-state index in [0.29, 0.717) is 5.56 Å². The number of carbonyl (C=O) groups excluding carboxylic acids is 1. The van der Waals surface area contributed by atoms with Gasteiger partial charge in [0.05, 0.1) is 13.1 Å².